The molecule has 0 amide bonds. The van der Waals surface area contributed by atoms with Crippen molar-refractivity contribution >= 4 is 35.0 Å². The van der Waals surface area contributed by atoms with Gasteiger partial charge < -0.3 is 10.3 Å². The molecule has 0 fully saturated rings. The van der Waals surface area contributed by atoms with Crippen molar-refractivity contribution in [2.75, 3.05) is 11.5 Å². The number of halogens is 1. The van der Waals surface area contributed by atoms with Crippen LogP contribution in [0.2, 0.25) is 5.02 Å². The maximum absolute atomic E-state index is 11.8. The van der Waals surface area contributed by atoms with Crippen LogP contribution in [-0.2, 0) is 0 Å². The van der Waals surface area contributed by atoms with Gasteiger partial charge in [0.1, 0.15) is 5.76 Å². The van der Waals surface area contributed by atoms with E-state index in [0.29, 0.717) is 16.5 Å². The third-order valence-electron chi connectivity index (χ3n) is 2.32. The molecule has 0 bridgehead atoms. The fraction of sp³-hybridized carbons (Fsp3) is 0.167. The topological polar surface area (TPSA) is 78.2 Å². The van der Waals surface area contributed by atoms with Gasteiger partial charge in [-0.1, -0.05) is 11.6 Å². The van der Waals surface area contributed by atoms with Crippen molar-refractivity contribution in [2.24, 2.45) is 0 Å². The van der Waals surface area contributed by atoms with Crippen LogP contribution in [0.5, 0.6) is 0 Å². The molecule has 7 heteroatoms. The fourth-order valence-corrected chi connectivity index (χ4v) is 2.44. The van der Waals surface area contributed by atoms with Gasteiger partial charge in [0.2, 0.25) is 0 Å². The molecule has 0 saturated carbocycles. The molecule has 1 aromatic carbocycles. The summed E-state index contributed by atoms with van der Waals surface area (Å²) in [4.78, 5) is 24.0. The summed E-state index contributed by atoms with van der Waals surface area (Å²) < 4.78 is 5.75. The van der Waals surface area contributed by atoms with E-state index in [1.807, 2.05) is 0 Å². The van der Waals surface area contributed by atoms with Crippen LogP contribution >= 0.6 is 23.4 Å². The van der Waals surface area contributed by atoms with Crippen molar-refractivity contribution in [1.82, 2.24) is 4.74 Å². The van der Waals surface area contributed by atoms with E-state index in [1.165, 1.54) is 17.8 Å². The van der Waals surface area contributed by atoms with E-state index in [9.17, 15) is 9.59 Å². The largest absolute Gasteiger partial charge is 0.398 e. The molecular weight excluding hydrogens is 288 g/mol. The Balaban J connectivity index is 2.06. The quantitative estimate of drug-likeness (QED) is 0.695. The lowest BCUT2D eigenvalue weighted by atomic mass is 10.3. The van der Waals surface area contributed by atoms with E-state index in [1.54, 1.807) is 25.1 Å². The van der Waals surface area contributed by atoms with Crippen LogP contribution in [0.4, 0.5) is 5.69 Å². The van der Waals surface area contributed by atoms with E-state index < -0.39 is 11.5 Å². The number of rotatable bonds is 3. The molecule has 0 aliphatic heterocycles. The highest BCUT2D eigenvalue weighted by molar-refractivity contribution is 8.00. The number of anilines is 1. The predicted octanol–water partition coefficient (Wildman–Crippen LogP) is 2.42. The Morgan fingerprint density at radius 2 is 2.21 bits per heavy atom. The molecule has 0 atom stereocenters. The smallest absolute Gasteiger partial charge is 0.290 e. The third-order valence-corrected chi connectivity index (χ3v) is 3.63. The number of aromatic nitrogens is 1. The summed E-state index contributed by atoms with van der Waals surface area (Å²) >= 11 is 7.13. The zero-order valence-corrected chi connectivity index (χ0v) is 11.6. The molecule has 1 aromatic heterocycles. The second-order valence-corrected chi connectivity index (χ2v) is 5.30. The lowest BCUT2D eigenvalue weighted by Gasteiger charge is -2.03. The molecule has 5 nitrogen and oxygen atoms in total. The number of benzene rings is 1. The average Bonchev–Trinajstić information content (AvgIpc) is 2.70. The zero-order valence-electron chi connectivity index (χ0n) is 10.1. The molecule has 0 saturated heterocycles. The molecule has 0 radical (unpaired) electrons. The Morgan fingerprint density at radius 1 is 1.47 bits per heavy atom. The number of nitrogen functional groups attached to an aromatic ring is 1. The van der Waals surface area contributed by atoms with Gasteiger partial charge in [0, 0.05) is 11.0 Å². The second-order valence-electron chi connectivity index (χ2n) is 3.84. The average molecular weight is 299 g/mol. The lowest BCUT2D eigenvalue weighted by molar-refractivity contribution is 0.0813. The van der Waals surface area contributed by atoms with Crippen molar-refractivity contribution < 1.29 is 9.32 Å². The number of carbonyl (C=O) groups excluding carboxylic acids is 1. The van der Waals surface area contributed by atoms with E-state index in [2.05, 4.69) is 0 Å². The summed E-state index contributed by atoms with van der Waals surface area (Å²) in [5.74, 6) is 0.0579. The summed E-state index contributed by atoms with van der Waals surface area (Å²) in [5, 5.41) is 0.434. The molecule has 0 unspecified atom stereocenters. The molecule has 100 valence electrons. The Labute approximate surface area is 118 Å². The van der Waals surface area contributed by atoms with Crippen molar-refractivity contribution in [3.8, 4) is 0 Å². The van der Waals surface area contributed by atoms with Gasteiger partial charge in [0.25, 0.3) is 11.5 Å². The highest BCUT2D eigenvalue weighted by atomic mass is 35.5. The molecule has 0 aliphatic rings. The third kappa shape index (κ3) is 3.21. The first-order valence-corrected chi connectivity index (χ1v) is 6.75. The SMILES string of the molecule is Cc1cc(=O)n(C(=O)CSc2ccc(N)c(Cl)c2)o1. The molecule has 2 rings (SSSR count). The zero-order chi connectivity index (χ0) is 14.0. The highest BCUT2D eigenvalue weighted by Crippen LogP contribution is 2.26. The Kier molecular flexibility index (Phi) is 4.01. The number of nitrogens with two attached hydrogens (primary N) is 1. The maximum Gasteiger partial charge on any atom is 0.290 e. The summed E-state index contributed by atoms with van der Waals surface area (Å²) in [6.45, 7) is 1.61. The summed E-state index contributed by atoms with van der Waals surface area (Å²) in [5.41, 5.74) is 5.61. The van der Waals surface area contributed by atoms with E-state index >= 15 is 0 Å². The minimum atomic E-state index is -0.460. The van der Waals surface area contributed by atoms with Gasteiger partial charge in [0.05, 0.1) is 16.5 Å². The van der Waals surface area contributed by atoms with Gasteiger partial charge in [-0.3, -0.25) is 9.59 Å². The molecule has 0 spiro atoms. The number of thioether (sulfide) groups is 1. The Bertz CT molecular complexity index is 678. The first kappa shape index (κ1) is 13.8. The number of carbonyl (C=O) groups is 1. The predicted molar refractivity (Wildman–Crippen MR) is 74.9 cm³/mol. The number of hydrogen-bond donors (Lipinski definition) is 1. The van der Waals surface area contributed by atoms with Gasteiger partial charge in [-0.2, -0.15) is 0 Å². The van der Waals surface area contributed by atoms with Crippen molar-refractivity contribution in [3.05, 3.63) is 45.4 Å². The highest BCUT2D eigenvalue weighted by Gasteiger charge is 2.12. The summed E-state index contributed by atoms with van der Waals surface area (Å²) in [6.07, 6.45) is 0. The van der Waals surface area contributed by atoms with Gasteiger partial charge in [-0.15, -0.1) is 16.5 Å². The molecular formula is C12H11ClN2O3S. The van der Waals surface area contributed by atoms with Crippen LogP contribution in [0.3, 0.4) is 0 Å². The minimum Gasteiger partial charge on any atom is -0.398 e. The maximum atomic E-state index is 11.8. The second kappa shape index (κ2) is 5.54. The fourth-order valence-electron chi connectivity index (χ4n) is 1.42. The van der Waals surface area contributed by atoms with Gasteiger partial charge in [-0.25, -0.2) is 0 Å². The van der Waals surface area contributed by atoms with Crippen LogP contribution in [0.25, 0.3) is 0 Å². The monoisotopic (exact) mass is 298 g/mol. The van der Waals surface area contributed by atoms with Crippen LogP contribution in [0, 0.1) is 6.92 Å². The van der Waals surface area contributed by atoms with Crippen molar-refractivity contribution in [1.29, 1.82) is 0 Å². The van der Waals surface area contributed by atoms with Crippen LogP contribution in [-0.4, -0.2) is 16.4 Å². The number of nitrogens with zero attached hydrogens (tertiary/aromatic N) is 1. The van der Waals surface area contributed by atoms with Crippen molar-refractivity contribution in [3.63, 3.8) is 0 Å². The molecule has 1 heterocycles. The van der Waals surface area contributed by atoms with Crippen LogP contribution in [0.15, 0.2) is 38.5 Å². The van der Waals surface area contributed by atoms with Gasteiger partial charge >= 0.3 is 0 Å². The van der Waals surface area contributed by atoms with Gasteiger partial charge in [-0.05, 0) is 25.1 Å². The van der Waals surface area contributed by atoms with Gasteiger partial charge in [0.15, 0.2) is 0 Å². The van der Waals surface area contributed by atoms with Crippen LogP contribution < -0.4 is 11.3 Å². The first-order chi connectivity index (χ1) is 8.97. The number of hydrogen-bond acceptors (Lipinski definition) is 5. The molecule has 2 N–H and O–H groups in total. The summed E-state index contributed by atoms with van der Waals surface area (Å²) in [7, 11) is 0. The van der Waals surface area contributed by atoms with E-state index in [-0.39, 0.29) is 5.75 Å². The number of aryl methyl sites for hydroxylation is 1. The van der Waals surface area contributed by atoms with E-state index in [4.69, 9.17) is 21.9 Å². The molecule has 19 heavy (non-hydrogen) atoms. The molecule has 0 aliphatic carbocycles. The Hall–Kier alpha value is -1.66. The van der Waals surface area contributed by atoms with Crippen LogP contribution in [0.1, 0.15) is 10.6 Å². The first-order valence-electron chi connectivity index (χ1n) is 5.38. The molecule has 2 aromatic rings. The van der Waals surface area contributed by atoms with E-state index in [0.717, 1.165) is 9.64 Å². The normalized spacial score (nSPS) is 10.6. The summed E-state index contributed by atoms with van der Waals surface area (Å²) in [6, 6.07) is 6.36. The van der Waals surface area contributed by atoms with Crippen molar-refractivity contribution in [2.45, 2.75) is 11.8 Å². The Morgan fingerprint density at radius 3 is 2.79 bits per heavy atom. The standard InChI is InChI=1S/C12H11ClN2O3S/c1-7-4-11(16)15(18-7)12(17)6-19-8-2-3-10(14)9(13)5-8/h2-5H,6,14H2,1H3. The lowest BCUT2D eigenvalue weighted by Crippen LogP contribution is -2.23. The minimum absolute atomic E-state index is 0.0765.